The average molecular weight is 322 g/mol. The van der Waals surface area contributed by atoms with E-state index in [-0.39, 0.29) is 0 Å². The van der Waals surface area contributed by atoms with E-state index in [1.807, 2.05) is 0 Å². The van der Waals surface area contributed by atoms with Crippen LogP contribution in [0.15, 0.2) is 28.7 Å². The topological polar surface area (TPSA) is 12.0 Å². The van der Waals surface area contributed by atoms with Crippen molar-refractivity contribution < 1.29 is 0 Å². The summed E-state index contributed by atoms with van der Waals surface area (Å²) in [6.07, 6.45) is 8.31. The number of benzene rings is 1. The SMILES string of the molecule is CC1(CNC2CC(c3ccccc3Br)C2)CCCC1. The zero-order chi connectivity index (χ0) is 13.3. The quantitative estimate of drug-likeness (QED) is 0.834. The van der Waals surface area contributed by atoms with Crippen LogP contribution in [0.4, 0.5) is 0 Å². The van der Waals surface area contributed by atoms with Crippen molar-refractivity contribution in [3.63, 3.8) is 0 Å². The van der Waals surface area contributed by atoms with E-state index in [0.29, 0.717) is 5.41 Å². The number of nitrogens with one attached hydrogen (secondary N) is 1. The van der Waals surface area contributed by atoms with Gasteiger partial charge in [0, 0.05) is 17.1 Å². The van der Waals surface area contributed by atoms with Gasteiger partial charge in [-0.3, -0.25) is 0 Å². The van der Waals surface area contributed by atoms with Crippen molar-refractivity contribution in [2.45, 2.75) is 57.4 Å². The minimum absolute atomic E-state index is 0.582. The first kappa shape index (κ1) is 13.6. The summed E-state index contributed by atoms with van der Waals surface area (Å²) in [6, 6.07) is 9.43. The minimum atomic E-state index is 0.582. The maximum atomic E-state index is 3.81. The predicted molar refractivity (Wildman–Crippen MR) is 84.5 cm³/mol. The molecule has 0 aliphatic heterocycles. The Hall–Kier alpha value is -0.340. The Kier molecular flexibility index (Phi) is 4.00. The van der Waals surface area contributed by atoms with Gasteiger partial charge in [0.2, 0.25) is 0 Å². The van der Waals surface area contributed by atoms with Gasteiger partial charge >= 0.3 is 0 Å². The summed E-state index contributed by atoms with van der Waals surface area (Å²) in [5, 5.41) is 3.81. The molecule has 1 aromatic carbocycles. The van der Waals surface area contributed by atoms with Crippen molar-refractivity contribution >= 4 is 15.9 Å². The lowest BCUT2D eigenvalue weighted by molar-refractivity contribution is 0.234. The van der Waals surface area contributed by atoms with Crippen LogP contribution in [0.5, 0.6) is 0 Å². The first-order chi connectivity index (χ1) is 9.16. The van der Waals surface area contributed by atoms with Crippen molar-refractivity contribution in [2.24, 2.45) is 5.41 Å². The first-order valence-corrected chi connectivity index (χ1v) is 8.43. The van der Waals surface area contributed by atoms with Crippen molar-refractivity contribution in [3.8, 4) is 0 Å². The minimum Gasteiger partial charge on any atom is -0.313 e. The van der Waals surface area contributed by atoms with Gasteiger partial charge in [0.25, 0.3) is 0 Å². The Bertz CT molecular complexity index is 431. The van der Waals surface area contributed by atoms with Crippen LogP contribution >= 0.6 is 15.9 Å². The molecule has 0 bridgehead atoms. The summed E-state index contributed by atoms with van der Waals surface area (Å²) in [4.78, 5) is 0. The molecule has 2 aliphatic carbocycles. The summed E-state index contributed by atoms with van der Waals surface area (Å²) >= 11 is 3.67. The largest absolute Gasteiger partial charge is 0.313 e. The Balaban J connectivity index is 1.47. The number of hydrogen-bond acceptors (Lipinski definition) is 1. The molecule has 0 atom stereocenters. The predicted octanol–water partition coefficient (Wildman–Crippen LogP) is 4.87. The Morgan fingerprint density at radius 3 is 2.58 bits per heavy atom. The third kappa shape index (κ3) is 3.05. The Labute approximate surface area is 125 Å². The third-order valence-electron chi connectivity index (χ3n) is 5.11. The van der Waals surface area contributed by atoms with Gasteiger partial charge in [0.15, 0.2) is 0 Å². The zero-order valence-electron chi connectivity index (χ0n) is 11.8. The molecule has 2 aliphatic rings. The number of halogens is 1. The molecule has 0 amide bonds. The summed E-state index contributed by atoms with van der Waals surface area (Å²) in [5.74, 6) is 0.754. The lowest BCUT2D eigenvalue weighted by Gasteiger charge is -2.39. The monoisotopic (exact) mass is 321 g/mol. The van der Waals surface area contributed by atoms with E-state index >= 15 is 0 Å². The molecule has 0 unspecified atom stereocenters. The van der Waals surface area contributed by atoms with E-state index in [9.17, 15) is 0 Å². The van der Waals surface area contributed by atoms with Crippen LogP contribution in [0.2, 0.25) is 0 Å². The summed E-state index contributed by atoms with van der Waals surface area (Å²) in [5.41, 5.74) is 2.07. The highest BCUT2D eigenvalue weighted by molar-refractivity contribution is 9.10. The molecule has 19 heavy (non-hydrogen) atoms. The van der Waals surface area contributed by atoms with Crippen molar-refractivity contribution in [1.82, 2.24) is 5.32 Å². The summed E-state index contributed by atoms with van der Waals surface area (Å²) in [7, 11) is 0. The van der Waals surface area contributed by atoms with E-state index < -0.39 is 0 Å². The highest BCUT2D eigenvalue weighted by Gasteiger charge is 2.34. The molecule has 2 heteroatoms. The van der Waals surface area contributed by atoms with Gasteiger partial charge in [-0.2, -0.15) is 0 Å². The van der Waals surface area contributed by atoms with Crippen molar-refractivity contribution in [3.05, 3.63) is 34.3 Å². The molecule has 3 rings (SSSR count). The maximum Gasteiger partial charge on any atom is 0.0210 e. The summed E-state index contributed by atoms with van der Waals surface area (Å²) in [6.45, 7) is 3.68. The normalized spacial score (nSPS) is 29.2. The molecule has 1 nitrogen and oxygen atoms in total. The van der Waals surface area contributed by atoms with Crippen LogP contribution < -0.4 is 5.32 Å². The highest BCUT2D eigenvalue weighted by Crippen LogP contribution is 2.41. The highest BCUT2D eigenvalue weighted by atomic mass is 79.9. The van der Waals surface area contributed by atoms with Crippen LogP contribution in [0.3, 0.4) is 0 Å². The fourth-order valence-corrected chi connectivity index (χ4v) is 4.25. The molecule has 0 spiro atoms. The van der Waals surface area contributed by atoms with Gasteiger partial charge in [-0.05, 0) is 48.6 Å². The van der Waals surface area contributed by atoms with E-state index in [1.165, 1.54) is 55.1 Å². The van der Waals surface area contributed by atoms with Crippen LogP contribution in [-0.2, 0) is 0 Å². The smallest absolute Gasteiger partial charge is 0.0210 e. The fraction of sp³-hybridized carbons (Fsp3) is 0.647. The molecule has 2 saturated carbocycles. The molecular weight excluding hydrogens is 298 g/mol. The van der Waals surface area contributed by atoms with E-state index in [2.05, 4.69) is 52.4 Å². The van der Waals surface area contributed by atoms with Gasteiger partial charge in [0.05, 0.1) is 0 Å². The van der Waals surface area contributed by atoms with Crippen LogP contribution in [0.25, 0.3) is 0 Å². The lowest BCUT2D eigenvalue weighted by atomic mass is 9.75. The molecule has 0 radical (unpaired) electrons. The number of hydrogen-bond donors (Lipinski definition) is 1. The Morgan fingerprint density at radius 1 is 1.21 bits per heavy atom. The second kappa shape index (κ2) is 5.57. The molecule has 104 valence electrons. The van der Waals surface area contributed by atoms with Gasteiger partial charge in [0.1, 0.15) is 0 Å². The van der Waals surface area contributed by atoms with Crippen molar-refractivity contribution in [1.29, 1.82) is 0 Å². The second-order valence-electron chi connectivity index (χ2n) is 6.79. The molecule has 0 aromatic heterocycles. The molecule has 1 aromatic rings. The van der Waals surface area contributed by atoms with E-state index in [1.54, 1.807) is 0 Å². The van der Waals surface area contributed by atoms with Crippen LogP contribution in [-0.4, -0.2) is 12.6 Å². The molecule has 2 fully saturated rings. The van der Waals surface area contributed by atoms with Crippen molar-refractivity contribution in [2.75, 3.05) is 6.54 Å². The van der Waals surface area contributed by atoms with E-state index in [4.69, 9.17) is 0 Å². The summed E-state index contributed by atoms with van der Waals surface area (Å²) < 4.78 is 1.28. The molecule has 0 heterocycles. The van der Waals surface area contributed by atoms with Crippen LogP contribution in [0.1, 0.15) is 56.9 Å². The fourth-order valence-electron chi connectivity index (χ4n) is 3.64. The number of rotatable bonds is 4. The van der Waals surface area contributed by atoms with Gasteiger partial charge in [-0.1, -0.05) is 53.9 Å². The first-order valence-electron chi connectivity index (χ1n) is 7.64. The lowest BCUT2D eigenvalue weighted by Crippen LogP contribution is -2.44. The molecular formula is C17H24BrN. The maximum absolute atomic E-state index is 3.81. The van der Waals surface area contributed by atoms with Gasteiger partial charge in [-0.25, -0.2) is 0 Å². The zero-order valence-corrected chi connectivity index (χ0v) is 13.4. The van der Waals surface area contributed by atoms with E-state index in [0.717, 1.165) is 12.0 Å². The standard InChI is InChI=1S/C17H24BrN/c1-17(8-4-5-9-17)12-19-14-10-13(11-14)15-6-2-3-7-16(15)18/h2-3,6-7,13-14,19H,4-5,8-12H2,1H3. The van der Waals surface area contributed by atoms with Gasteiger partial charge in [-0.15, -0.1) is 0 Å². The third-order valence-corrected chi connectivity index (χ3v) is 5.83. The van der Waals surface area contributed by atoms with Crippen LogP contribution in [0, 0.1) is 5.41 Å². The second-order valence-corrected chi connectivity index (χ2v) is 7.64. The Morgan fingerprint density at radius 2 is 1.89 bits per heavy atom. The molecule has 0 saturated heterocycles. The average Bonchev–Trinajstić information content (AvgIpc) is 2.77. The molecule has 1 N–H and O–H groups in total. The van der Waals surface area contributed by atoms with Gasteiger partial charge < -0.3 is 5.32 Å².